The van der Waals surface area contributed by atoms with Crippen LogP contribution in [0.1, 0.15) is 15.9 Å². The molecule has 0 amide bonds. The molecule has 1 aromatic carbocycles. The van der Waals surface area contributed by atoms with Gasteiger partial charge in [0.15, 0.2) is 5.78 Å². The largest absolute Gasteiger partial charge is 0.496 e. The van der Waals surface area contributed by atoms with Crippen LogP contribution in [0.5, 0.6) is 11.5 Å². The molecule has 0 unspecified atom stereocenters. The second-order valence-electron chi connectivity index (χ2n) is 4.03. The molecule has 0 fully saturated rings. The van der Waals surface area contributed by atoms with Gasteiger partial charge in [-0.25, -0.2) is 0 Å². The average molecular weight is 257 g/mol. The Kier molecular flexibility index (Phi) is 4.13. The van der Waals surface area contributed by atoms with Crippen LogP contribution in [0.15, 0.2) is 42.7 Å². The number of hydrogen-bond donors (Lipinski definition) is 0. The third-order valence-corrected chi connectivity index (χ3v) is 2.81. The molecular weight excluding hydrogens is 242 g/mol. The van der Waals surface area contributed by atoms with E-state index < -0.39 is 0 Å². The number of hydrogen-bond acceptors (Lipinski definition) is 4. The van der Waals surface area contributed by atoms with Crippen molar-refractivity contribution in [1.29, 1.82) is 0 Å². The predicted molar refractivity (Wildman–Crippen MR) is 71.8 cm³/mol. The first-order valence-electron chi connectivity index (χ1n) is 5.88. The quantitative estimate of drug-likeness (QED) is 0.772. The zero-order valence-corrected chi connectivity index (χ0v) is 10.9. The fourth-order valence-electron chi connectivity index (χ4n) is 1.81. The first-order valence-corrected chi connectivity index (χ1v) is 5.88. The van der Waals surface area contributed by atoms with Gasteiger partial charge in [0.1, 0.15) is 11.5 Å². The second kappa shape index (κ2) is 6.00. The first-order chi connectivity index (χ1) is 9.24. The number of benzene rings is 1. The minimum atomic E-state index is -0.0177. The minimum absolute atomic E-state index is 0.0177. The molecule has 19 heavy (non-hydrogen) atoms. The molecule has 0 N–H and O–H groups in total. The van der Waals surface area contributed by atoms with Crippen LogP contribution >= 0.6 is 0 Å². The molecule has 0 radical (unpaired) electrons. The Hall–Kier alpha value is -2.36. The summed E-state index contributed by atoms with van der Waals surface area (Å²) in [6.45, 7) is 0. The standard InChI is InChI=1S/C15H15NO3/c1-18-13-7-12(9-16-10-13)14(17)8-11-5-3-4-6-15(11)19-2/h3-7,9-10H,8H2,1-2H3. The molecule has 0 atom stereocenters. The molecule has 1 heterocycles. The molecule has 98 valence electrons. The van der Waals surface area contributed by atoms with Gasteiger partial charge >= 0.3 is 0 Å². The SMILES string of the molecule is COc1cncc(C(=O)Cc2ccccc2OC)c1. The van der Waals surface area contributed by atoms with Gasteiger partial charge in [0, 0.05) is 23.7 Å². The van der Waals surface area contributed by atoms with Gasteiger partial charge in [-0.2, -0.15) is 0 Å². The van der Waals surface area contributed by atoms with Crippen molar-refractivity contribution in [2.45, 2.75) is 6.42 Å². The number of carbonyl (C=O) groups excluding carboxylic acids is 1. The number of pyridine rings is 1. The van der Waals surface area contributed by atoms with E-state index in [0.29, 0.717) is 17.1 Å². The van der Waals surface area contributed by atoms with Gasteiger partial charge < -0.3 is 9.47 Å². The number of rotatable bonds is 5. The number of aromatic nitrogens is 1. The van der Waals surface area contributed by atoms with E-state index in [2.05, 4.69) is 4.98 Å². The zero-order valence-electron chi connectivity index (χ0n) is 10.9. The van der Waals surface area contributed by atoms with Gasteiger partial charge in [0.25, 0.3) is 0 Å². The molecule has 0 saturated heterocycles. The maximum Gasteiger partial charge on any atom is 0.169 e. The van der Waals surface area contributed by atoms with Crippen LogP contribution in [-0.4, -0.2) is 25.0 Å². The van der Waals surface area contributed by atoms with E-state index in [-0.39, 0.29) is 12.2 Å². The molecule has 0 aliphatic carbocycles. The van der Waals surface area contributed by atoms with Crippen LogP contribution in [0.4, 0.5) is 0 Å². The van der Waals surface area contributed by atoms with E-state index in [1.165, 1.54) is 0 Å². The highest BCUT2D eigenvalue weighted by molar-refractivity contribution is 5.97. The van der Waals surface area contributed by atoms with Gasteiger partial charge in [-0.15, -0.1) is 0 Å². The summed E-state index contributed by atoms with van der Waals surface area (Å²) in [5, 5.41) is 0. The molecule has 4 nitrogen and oxygen atoms in total. The molecule has 0 spiro atoms. The van der Waals surface area contributed by atoms with Gasteiger partial charge in [-0.3, -0.25) is 9.78 Å². The Morgan fingerprint density at radius 2 is 1.95 bits per heavy atom. The van der Waals surface area contributed by atoms with Gasteiger partial charge in [-0.05, 0) is 12.1 Å². The molecule has 1 aromatic heterocycles. The van der Waals surface area contributed by atoms with E-state index >= 15 is 0 Å². The highest BCUT2D eigenvalue weighted by atomic mass is 16.5. The van der Waals surface area contributed by atoms with E-state index in [0.717, 1.165) is 5.56 Å². The molecule has 2 rings (SSSR count). The van der Waals surface area contributed by atoms with Crippen LogP contribution in [-0.2, 0) is 6.42 Å². The Morgan fingerprint density at radius 3 is 2.68 bits per heavy atom. The first kappa shape index (κ1) is 13.1. The Morgan fingerprint density at radius 1 is 1.16 bits per heavy atom. The normalized spacial score (nSPS) is 10.0. The van der Waals surface area contributed by atoms with Crippen molar-refractivity contribution in [3.63, 3.8) is 0 Å². The summed E-state index contributed by atoms with van der Waals surface area (Å²) in [6, 6.07) is 9.16. The van der Waals surface area contributed by atoms with Crippen LogP contribution in [0.25, 0.3) is 0 Å². The second-order valence-corrected chi connectivity index (χ2v) is 4.03. The highest BCUT2D eigenvalue weighted by Gasteiger charge is 2.11. The third kappa shape index (κ3) is 3.10. The number of nitrogens with zero attached hydrogens (tertiary/aromatic N) is 1. The van der Waals surface area contributed by atoms with Crippen molar-refractivity contribution in [2.24, 2.45) is 0 Å². The van der Waals surface area contributed by atoms with E-state index in [4.69, 9.17) is 9.47 Å². The third-order valence-electron chi connectivity index (χ3n) is 2.81. The zero-order chi connectivity index (χ0) is 13.7. The number of ketones is 1. The lowest BCUT2D eigenvalue weighted by atomic mass is 10.0. The van der Waals surface area contributed by atoms with Crippen LogP contribution in [0.2, 0.25) is 0 Å². The number of Topliss-reactive ketones (excluding diaryl/α,β-unsaturated/α-hetero) is 1. The summed E-state index contributed by atoms with van der Waals surface area (Å²) < 4.78 is 10.3. The predicted octanol–water partition coefficient (Wildman–Crippen LogP) is 2.52. The van der Waals surface area contributed by atoms with Gasteiger partial charge in [0.05, 0.1) is 20.4 Å². The number of methoxy groups -OCH3 is 2. The van der Waals surface area contributed by atoms with Gasteiger partial charge in [-0.1, -0.05) is 18.2 Å². The van der Waals surface area contributed by atoms with E-state index in [9.17, 15) is 4.79 Å². The number of ether oxygens (including phenoxy) is 2. The van der Waals surface area contributed by atoms with Crippen molar-refractivity contribution >= 4 is 5.78 Å². The molecule has 0 bridgehead atoms. The molecule has 4 heteroatoms. The summed E-state index contributed by atoms with van der Waals surface area (Å²) in [6.07, 6.45) is 3.39. The van der Waals surface area contributed by atoms with Crippen molar-refractivity contribution in [3.05, 3.63) is 53.9 Å². The molecule has 0 aliphatic rings. The monoisotopic (exact) mass is 257 g/mol. The highest BCUT2D eigenvalue weighted by Crippen LogP contribution is 2.20. The molecule has 2 aromatic rings. The Bertz CT molecular complexity index is 581. The smallest absolute Gasteiger partial charge is 0.169 e. The van der Waals surface area contributed by atoms with Crippen LogP contribution in [0.3, 0.4) is 0 Å². The summed E-state index contributed by atoms with van der Waals surface area (Å²) in [4.78, 5) is 16.2. The maximum atomic E-state index is 12.2. The summed E-state index contributed by atoms with van der Waals surface area (Å²) in [5.41, 5.74) is 1.39. The lowest BCUT2D eigenvalue weighted by Gasteiger charge is -2.07. The minimum Gasteiger partial charge on any atom is -0.496 e. The van der Waals surface area contributed by atoms with E-state index in [1.54, 1.807) is 32.7 Å². The van der Waals surface area contributed by atoms with Crippen molar-refractivity contribution in [3.8, 4) is 11.5 Å². The lowest BCUT2D eigenvalue weighted by molar-refractivity contribution is 0.0991. The average Bonchev–Trinajstić information content (AvgIpc) is 2.47. The fraction of sp³-hybridized carbons (Fsp3) is 0.200. The molecule has 0 saturated carbocycles. The molecular formula is C15H15NO3. The fourth-order valence-corrected chi connectivity index (χ4v) is 1.81. The van der Waals surface area contributed by atoms with Crippen molar-refractivity contribution in [1.82, 2.24) is 4.98 Å². The van der Waals surface area contributed by atoms with Crippen LogP contribution < -0.4 is 9.47 Å². The Labute approximate surface area is 112 Å². The van der Waals surface area contributed by atoms with Crippen LogP contribution in [0, 0.1) is 0 Å². The molecule has 0 aliphatic heterocycles. The van der Waals surface area contributed by atoms with Crippen molar-refractivity contribution < 1.29 is 14.3 Å². The lowest BCUT2D eigenvalue weighted by Crippen LogP contribution is -2.05. The maximum absolute atomic E-state index is 12.2. The number of carbonyl (C=O) groups is 1. The summed E-state index contributed by atoms with van der Waals surface area (Å²) in [7, 11) is 3.14. The summed E-state index contributed by atoms with van der Waals surface area (Å²) in [5.74, 6) is 1.27. The number of para-hydroxylation sites is 1. The Balaban J connectivity index is 2.20. The van der Waals surface area contributed by atoms with Gasteiger partial charge in [0.2, 0.25) is 0 Å². The summed E-state index contributed by atoms with van der Waals surface area (Å²) >= 11 is 0. The van der Waals surface area contributed by atoms with E-state index in [1.807, 2.05) is 24.3 Å². The van der Waals surface area contributed by atoms with Crippen molar-refractivity contribution in [2.75, 3.05) is 14.2 Å². The topological polar surface area (TPSA) is 48.4 Å².